The molecule has 0 atom stereocenters. The van der Waals surface area contributed by atoms with Crippen LogP contribution in [0.25, 0.3) is 22.7 Å². The lowest BCUT2D eigenvalue weighted by atomic mass is 10.4. The Morgan fingerprint density at radius 3 is 2.76 bits per heavy atom. The molecule has 21 heavy (non-hydrogen) atoms. The lowest BCUT2D eigenvalue weighted by molar-refractivity contribution is -0.140. The van der Waals surface area contributed by atoms with E-state index in [2.05, 4.69) is 35.9 Å². The Hall–Kier alpha value is -2.55. The Balaban J connectivity index is 2.31. The molecule has 0 spiro atoms. The summed E-state index contributed by atoms with van der Waals surface area (Å²) in [6, 6.07) is 3.47. The van der Waals surface area contributed by atoms with Gasteiger partial charge in [-0.25, -0.2) is 24.7 Å². The van der Waals surface area contributed by atoms with Gasteiger partial charge in [-0.1, -0.05) is 0 Å². The normalized spacial score (nSPS) is 10.8. The molecule has 3 aromatic rings. The number of aromatic nitrogens is 5. The van der Waals surface area contributed by atoms with Gasteiger partial charge in [0.15, 0.2) is 17.2 Å². The van der Waals surface area contributed by atoms with Crippen molar-refractivity contribution in [3.8, 4) is 11.5 Å². The topological polar surface area (TPSA) is 109 Å². The van der Waals surface area contributed by atoms with E-state index in [9.17, 15) is 4.79 Å². The van der Waals surface area contributed by atoms with Gasteiger partial charge in [0.05, 0.1) is 0 Å². The smallest absolute Gasteiger partial charge is 0.330 e. The highest BCUT2D eigenvalue weighted by Gasteiger charge is 2.20. The van der Waals surface area contributed by atoms with Crippen molar-refractivity contribution >= 4 is 38.9 Å². The van der Waals surface area contributed by atoms with Crippen molar-refractivity contribution in [2.24, 2.45) is 0 Å². The molecule has 3 heterocycles. The van der Waals surface area contributed by atoms with Crippen molar-refractivity contribution in [3.05, 3.63) is 29.1 Å². The molecule has 0 fully saturated rings. The zero-order valence-corrected chi connectivity index (χ0v) is 12.4. The second-order valence-electron chi connectivity index (χ2n) is 4.08. The van der Waals surface area contributed by atoms with Crippen molar-refractivity contribution in [2.45, 2.75) is 6.92 Å². The number of anilines is 1. The third kappa shape index (κ3) is 2.42. The minimum Gasteiger partial charge on any atom is -0.382 e. The zero-order chi connectivity index (χ0) is 15.0. The molecule has 106 valence electrons. The standard InChI is InChI=1S/C12H9BrN6O2/c1-6(20)21-19-11-7(2-3-8(13)18-11)17-12(19)9-10(14)16-5-4-15-9/h2-5H,1H3,(H2,14,16). The van der Waals surface area contributed by atoms with Crippen LogP contribution in [0.1, 0.15) is 6.92 Å². The summed E-state index contributed by atoms with van der Waals surface area (Å²) in [5.41, 5.74) is 7.04. The summed E-state index contributed by atoms with van der Waals surface area (Å²) in [6.07, 6.45) is 2.94. The van der Waals surface area contributed by atoms with Gasteiger partial charge >= 0.3 is 5.97 Å². The molecule has 3 rings (SSSR count). The molecule has 0 saturated carbocycles. The van der Waals surface area contributed by atoms with Crippen LogP contribution in [0, 0.1) is 0 Å². The number of halogens is 1. The van der Waals surface area contributed by atoms with Crippen LogP contribution in [0.5, 0.6) is 0 Å². The lowest BCUT2D eigenvalue weighted by Gasteiger charge is -2.07. The summed E-state index contributed by atoms with van der Waals surface area (Å²) in [7, 11) is 0. The highest BCUT2D eigenvalue weighted by molar-refractivity contribution is 9.10. The van der Waals surface area contributed by atoms with E-state index < -0.39 is 5.97 Å². The average molecular weight is 349 g/mol. The van der Waals surface area contributed by atoms with Gasteiger partial charge in [0.25, 0.3) is 0 Å². The summed E-state index contributed by atoms with van der Waals surface area (Å²) in [5, 5.41) is 0. The van der Waals surface area contributed by atoms with Gasteiger partial charge in [0.2, 0.25) is 5.82 Å². The van der Waals surface area contributed by atoms with E-state index in [1.165, 1.54) is 24.0 Å². The van der Waals surface area contributed by atoms with Gasteiger partial charge < -0.3 is 10.6 Å². The summed E-state index contributed by atoms with van der Waals surface area (Å²) >= 11 is 3.27. The van der Waals surface area contributed by atoms with Crippen LogP contribution in [0.4, 0.5) is 5.82 Å². The lowest BCUT2D eigenvalue weighted by Crippen LogP contribution is -2.18. The van der Waals surface area contributed by atoms with E-state index in [1.807, 2.05) is 0 Å². The van der Waals surface area contributed by atoms with E-state index in [1.54, 1.807) is 12.1 Å². The van der Waals surface area contributed by atoms with E-state index in [4.69, 9.17) is 10.6 Å². The molecule has 0 aliphatic rings. The average Bonchev–Trinajstić information content (AvgIpc) is 2.77. The van der Waals surface area contributed by atoms with E-state index >= 15 is 0 Å². The fourth-order valence-corrected chi connectivity index (χ4v) is 2.10. The highest BCUT2D eigenvalue weighted by Crippen LogP contribution is 2.25. The van der Waals surface area contributed by atoms with E-state index in [0.717, 1.165) is 0 Å². The number of nitrogens with zero attached hydrogens (tertiary/aromatic N) is 5. The first-order valence-corrected chi connectivity index (χ1v) is 6.66. The molecule has 0 aliphatic carbocycles. The van der Waals surface area contributed by atoms with Gasteiger partial charge in [-0.3, -0.25) is 0 Å². The van der Waals surface area contributed by atoms with Gasteiger partial charge in [-0.2, -0.15) is 0 Å². The maximum atomic E-state index is 11.3. The molecular formula is C12H9BrN6O2. The third-order valence-corrected chi connectivity index (χ3v) is 3.03. The maximum absolute atomic E-state index is 11.3. The van der Waals surface area contributed by atoms with E-state index in [0.29, 0.717) is 21.5 Å². The molecule has 3 aromatic heterocycles. The summed E-state index contributed by atoms with van der Waals surface area (Å²) in [6.45, 7) is 1.29. The van der Waals surface area contributed by atoms with Crippen LogP contribution >= 0.6 is 15.9 Å². The van der Waals surface area contributed by atoms with E-state index in [-0.39, 0.29) is 11.6 Å². The predicted molar refractivity (Wildman–Crippen MR) is 77.9 cm³/mol. The van der Waals surface area contributed by atoms with Gasteiger partial charge in [-0.05, 0) is 28.1 Å². The molecule has 8 nitrogen and oxygen atoms in total. The predicted octanol–water partition coefficient (Wildman–Crippen LogP) is 1.21. The minimum atomic E-state index is -0.514. The maximum Gasteiger partial charge on any atom is 0.330 e. The number of carbonyl (C=O) groups excluding carboxylic acids is 1. The number of nitrogen functional groups attached to an aromatic ring is 1. The molecule has 0 aliphatic heterocycles. The van der Waals surface area contributed by atoms with Crippen molar-refractivity contribution in [1.29, 1.82) is 0 Å². The number of nitrogens with two attached hydrogens (primary N) is 1. The Morgan fingerprint density at radius 1 is 1.29 bits per heavy atom. The van der Waals surface area contributed by atoms with Crippen molar-refractivity contribution < 1.29 is 9.63 Å². The first-order valence-electron chi connectivity index (χ1n) is 5.87. The molecule has 2 N–H and O–H groups in total. The Bertz CT molecular complexity index is 847. The van der Waals surface area contributed by atoms with Crippen LogP contribution in [-0.2, 0) is 4.79 Å². The second kappa shape index (κ2) is 5.09. The van der Waals surface area contributed by atoms with Crippen LogP contribution in [0.15, 0.2) is 29.1 Å². The van der Waals surface area contributed by atoms with Crippen molar-refractivity contribution in [1.82, 2.24) is 24.7 Å². The van der Waals surface area contributed by atoms with Gasteiger partial charge in [-0.15, -0.1) is 4.73 Å². The molecular weight excluding hydrogens is 340 g/mol. The summed E-state index contributed by atoms with van der Waals surface area (Å²) < 4.78 is 1.78. The van der Waals surface area contributed by atoms with Crippen LogP contribution < -0.4 is 10.6 Å². The largest absolute Gasteiger partial charge is 0.382 e. The Morgan fingerprint density at radius 2 is 2.05 bits per heavy atom. The minimum absolute atomic E-state index is 0.181. The number of hydrogen-bond donors (Lipinski definition) is 1. The molecule has 0 radical (unpaired) electrons. The van der Waals surface area contributed by atoms with Crippen LogP contribution in [0.2, 0.25) is 0 Å². The quantitative estimate of drug-likeness (QED) is 0.693. The highest BCUT2D eigenvalue weighted by atomic mass is 79.9. The number of rotatable bonds is 2. The SMILES string of the molecule is CC(=O)On1c(-c2nccnc2N)nc2ccc(Br)nc21. The molecule has 0 aromatic carbocycles. The van der Waals surface area contributed by atoms with Gasteiger partial charge in [0.1, 0.15) is 10.1 Å². The van der Waals surface area contributed by atoms with Gasteiger partial charge in [0, 0.05) is 19.3 Å². The van der Waals surface area contributed by atoms with Crippen molar-refractivity contribution in [3.63, 3.8) is 0 Å². The number of fused-ring (bicyclic) bond motifs is 1. The Kier molecular flexibility index (Phi) is 3.26. The Labute approximate surface area is 127 Å². The first kappa shape index (κ1) is 13.4. The van der Waals surface area contributed by atoms with Crippen LogP contribution in [0.3, 0.4) is 0 Å². The zero-order valence-electron chi connectivity index (χ0n) is 10.8. The number of imidazole rings is 1. The number of carbonyl (C=O) groups is 1. The number of hydrogen-bond acceptors (Lipinski definition) is 7. The molecule has 0 amide bonds. The van der Waals surface area contributed by atoms with Crippen LogP contribution in [-0.4, -0.2) is 30.6 Å². The molecule has 0 bridgehead atoms. The molecule has 9 heteroatoms. The molecule has 0 saturated heterocycles. The second-order valence-corrected chi connectivity index (χ2v) is 4.89. The number of pyridine rings is 1. The monoisotopic (exact) mass is 348 g/mol. The molecule has 0 unspecified atom stereocenters. The summed E-state index contributed by atoms with van der Waals surface area (Å²) in [4.78, 5) is 33.2. The third-order valence-electron chi connectivity index (χ3n) is 2.59. The summed E-state index contributed by atoms with van der Waals surface area (Å²) in [5.74, 6) is -0.0727. The fraction of sp³-hybridized carbons (Fsp3) is 0.0833. The van der Waals surface area contributed by atoms with Crippen molar-refractivity contribution in [2.75, 3.05) is 5.73 Å². The first-order chi connectivity index (χ1) is 10.1. The fourth-order valence-electron chi connectivity index (χ4n) is 1.80.